The number of hydrogen-bond donors (Lipinski definition) is 1. The fraction of sp³-hybridized carbons (Fsp3) is 0.552. The van der Waals surface area contributed by atoms with Crippen LogP contribution in [0.4, 0.5) is 4.39 Å². The molecule has 0 radical (unpaired) electrons. The molecule has 1 saturated carbocycles. The first kappa shape index (κ1) is 27.6. The van der Waals surface area contributed by atoms with Crippen molar-refractivity contribution >= 4 is 17.6 Å². The van der Waals surface area contributed by atoms with Gasteiger partial charge in [0.15, 0.2) is 0 Å². The molecule has 2 bridgehead atoms. The molecule has 1 saturated heterocycles. The van der Waals surface area contributed by atoms with Crippen molar-refractivity contribution in [1.82, 2.24) is 0 Å². The maximum absolute atomic E-state index is 13.7. The number of esters is 1. The minimum atomic E-state index is -0.572. The van der Waals surface area contributed by atoms with Gasteiger partial charge in [0.2, 0.25) is 0 Å². The number of carbonyl (C=O) groups excluding carboxylic acids is 1. The van der Waals surface area contributed by atoms with E-state index in [1.807, 2.05) is 38.1 Å². The third-order valence-corrected chi connectivity index (χ3v) is 7.72. The van der Waals surface area contributed by atoms with Gasteiger partial charge < -0.3 is 14.6 Å². The van der Waals surface area contributed by atoms with Crippen molar-refractivity contribution in [1.29, 1.82) is 0 Å². The highest BCUT2D eigenvalue weighted by atomic mass is 35.5. The normalized spacial score (nSPS) is 28.2. The third kappa shape index (κ3) is 7.05. The van der Waals surface area contributed by atoms with Gasteiger partial charge in [-0.1, -0.05) is 61.0 Å². The molecule has 4 nitrogen and oxygen atoms in total. The predicted octanol–water partition coefficient (Wildman–Crippen LogP) is 6.47. The maximum Gasteiger partial charge on any atom is 0.305 e. The molecule has 0 aromatic heterocycles. The van der Waals surface area contributed by atoms with Crippen LogP contribution in [0.15, 0.2) is 59.7 Å². The summed E-state index contributed by atoms with van der Waals surface area (Å²) in [5.74, 6) is 0.0516. The van der Waals surface area contributed by atoms with Crippen LogP contribution in [0.1, 0.15) is 57.9 Å². The Bertz CT molecular complexity index is 921. The molecule has 3 rings (SSSR count). The molecular formula is C29H38ClFO4. The second-order valence-corrected chi connectivity index (χ2v) is 10.6. The molecule has 2 aliphatic rings. The molecule has 1 aromatic carbocycles. The van der Waals surface area contributed by atoms with E-state index >= 15 is 0 Å². The van der Waals surface area contributed by atoms with E-state index in [1.165, 1.54) is 19.2 Å². The summed E-state index contributed by atoms with van der Waals surface area (Å²) in [6.45, 7) is 4.47. The van der Waals surface area contributed by atoms with Gasteiger partial charge in [-0.2, -0.15) is 0 Å². The molecule has 192 valence electrons. The summed E-state index contributed by atoms with van der Waals surface area (Å²) in [6.07, 6.45) is 14.2. The summed E-state index contributed by atoms with van der Waals surface area (Å²) >= 11 is 5.95. The van der Waals surface area contributed by atoms with E-state index in [-0.39, 0.29) is 41.1 Å². The molecule has 6 heteroatoms. The van der Waals surface area contributed by atoms with Gasteiger partial charge in [0, 0.05) is 22.8 Å². The third-order valence-electron chi connectivity index (χ3n) is 7.56. The topological polar surface area (TPSA) is 55.8 Å². The summed E-state index contributed by atoms with van der Waals surface area (Å²) in [5.41, 5.74) is 0.928. The van der Waals surface area contributed by atoms with Gasteiger partial charge in [-0.15, -0.1) is 0 Å². The molecule has 35 heavy (non-hydrogen) atoms. The molecule has 1 aliphatic carbocycles. The Morgan fingerprint density at radius 1 is 1.34 bits per heavy atom. The van der Waals surface area contributed by atoms with Crippen molar-refractivity contribution in [3.05, 3.63) is 71.1 Å². The number of hydrogen-bond acceptors (Lipinski definition) is 4. The number of methoxy groups -OCH3 is 1. The van der Waals surface area contributed by atoms with E-state index in [1.54, 1.807) is 0 Å². The lowest BCUT2D eigenvalue weighted by atomic mass is 9.69. The number of benzene rings is 1. The van der Waals surface area contributed by atoms with Gasteiger partial charge in [-0.05, 0) is 68.6 Å². The first-order valence-electron chi connectivity index (χ1n) is 12.5. The number of unbranched alkanes of at least 4 members (excludes halogenated alkanes) is 1. The number of aliphatic hydroxyl groups is 1. The van der Waals surface area contributed by atoms with Crippen LogP contribution in [0.25, 0.3) is 0 Å². The van der Waals surface area contributed by atoms with Gasteiger partial charge in [0.1, 0.15) is 5.82 Å². The average Bonchev–Trinajstić information content (AvgIpc) is 3.41. The molecule has 1 aromatic rings. The smallest absolute Gasteiger partial charge is 0.305 e. The zero-order chi connectivity index (χ0) is 25.4. The predicted molar refractivity (Wildman–Crippen MR) is 138 cm³/mol. The molecule has 1 aliphatic heterocycles. The van der Waals surface area contributed by atoms with Crippen molar-refractivity contribution in [2.45, 2.75) is 70.0 Å². The van der Waals surface area contributed by atoms with Crippen LogP contribution >= 0.6 is 11.6 Å². The summed E-state index contributed by atoms with van der Waals surface area (Å²) in [6, 6.07) is 6.83. The van der Waals surface area contributed by atoms with Crippen LogP contribution in [0.5, 0.6) is 0 Å². The largest absolute Gasteiger partial charge is 0.469 e. The Morgan fingerprint density at radius 2 is 2.09 bits per heavy atom. The second-order valence-electron chi connectivity index (χ2n) is 9.96. The summed E-state index contributed by atoms with van der Waals surface area (Å²) in [5, 5.41) is 11.4. The average molecular weight is 505 g/mol. The number of aliphatic hydroxyl groups excluding tert-OH is 1. The van der Waals surface area contributed by atoms with Gasteiger partial charge in [0.25, 0.3) is 0 Å². The van der Waals surface area contributed by atoms with Crippen LogP contribution in [-0.4, -0.2) is 37.0 Å². The Balaban J connectivity index is 1.75. The van der Waals surface area contributed by atoms with Crippen molar-refractivity contribution in [2.24, 2.45) is 17.8 Å². The number of halogens is 2. The Morgan fingerprint density at radius 3 is 2.77 bits per heavy atom. The lowest BCUT2D eigenvalue weighted by molar-refractivity contribution is -0.140. The minimum absolute atomic E-state index is 0.0543. The van der Waals surface area contributed by atoms with Crippen LogP contribution < -0.4 is 0 Å². The van der Waals surface area contributed by atoms with Crippen LogP contribution in [0.3, 0.4) is 0 Å². The fourth-order valence-corrected chi connectivity index (χ4v) is 5.54. The van der Waals surface area contributed by atoms with Crippen molar-refractivity contribution in [3.63, 3.8) is 0 Å². The van der Waals surface area contributed by atoms with E-state index in [9.17, 15) is 14.3 Å². The molecule has 1 N–H and O–H groups in total. The Hall–Kier alpha value is -1.95. The highest BCUT2D eigenvalue weighted by molar-refractivity contribution is 6.29. The van der Waals surface area contributed by atoms with Crippen LogP contribution in [-0.2, 0) is 19.7 Å². The van der Waals surface area contributed by atoms with Gasteiger partial charge >= 0.3 is 5.97 Å². The molecule has 1 heterocycles. The highest BCUT2D eigenvalue weighted by Gasteiger charge is 2.58. The number of carbonyl (C=O) groups is 1. The Labute approximate surface area is 213 Å². The zero-order valence-electron chi connectivity index (χ0n) is 21.0. The lowest BCUT2D eigenvalue weighted by Crippen LogP contribution is -2.39. The van der Waals surface area contributed by atoms with E-state index in [0.717, 1.165) is 36.3 Å². The Kier molecular flexibility index (Phi) is 10.1. The number of allylic oxidation sites excluding steroid dienone is 4. The summed E-state index contributed by atoms with van der Waals surface area (Å²) < 4.78 is 24.6. The van der Waals surface area contributed by atoms with Gasteiger partial charge in [-0.25, -0.2) is 4.39 Å². The summed E-state index contributed by atoms with van der Waals surface area (Å²) in [7, 11) is 1.41. The first-order valence-corrected chi connectivity index (χ1v) is 12.9. The fourth-order valence-electron chi connectivity index (χ4n) is 5.45. The summed E-state index contributed by atoms with van der Waals surface area (Å²) in [4.78, 5) is 11.3. The number of fused-ring (bicyclic) bond motifs is 2. The second kappa shape index (κ2) is 12.8. The maximum atomic E-state index is 13.7. The number of rotatable bonds is 12. The van der Waals surface area contributed by atoms with Crippen LogP contribution in [0.2, 0.25) is 0 Å². The van der Waals surface area contributed by atoms with Gasteiger partial charge in [-0.3, -0.25) is 4.79 Å². The SMILES string of the molecule is COC(=O)CCC/C=C\C[C@H]1[C@H](/C=C/[C@H](O)C(C)C/C=C(/C)Cl)[C@@H]2C[C@@]1(c1ccc(F)cc1)CO2. The van der Waals surface area contributed by atoms with E-state index < -0.39 is 6.10 Å². The quantitative estimate of drug-likeness (QED) is 0.201. The molecule has 6 atom stereocenters. The minimum Gasteiger partial charge on any atom is -0.469 e. The molecule has 2 fully saturated rings. The van der Waals surface area contributed by atoms with E-state index in [2.05, 4.69) is 18.2 Å². The van der Waals surface area contributed by atoms with E-state index in [0.29, 0.717) is 19.4 Å². The van der Waals surface area contributed by atoms with E-state index in [4.69, 9.17) is 21.1 Å². The molecule has 1 unspecified atom stereocenters. The van der Waals surface area contributed by atoms with Crippen molar-refractivity contribution in [3.8, 4) is 0 Å². The van der Waals surface area contributed by atoms with Gasteiger partial charge in [0.05, 0.1) is 25.9 Å². The monoisotopic (exact) mass is 504 g/mol. The van der Waals surface area contributed by atoms with Crippen molar-refractivity contribution in [2.75, 3.05) is 13.7 Å². The standard InChI is InChI=1S/C29H38ClFO4/c1-20(10-11-21(2)30)26(32)17-16-24-25(8-6-4-5-7-9-28(33)34-3)29(18-27(24)35-19-29)22-12-14-23(31)15-13-22/h4,6,11-17,20,24-27,32H,5,7-10,18-19H2,1-3H3/b6-4-,17-16+,21-11-/t20?,24-,25-,26-,27-,29-/m0/s1. The molecule has 0 amide bonds. The number of ether oxygens (including phenoxy) is 2. The zero-order valence-corrected chi connectivity index (χ0v) is 21.7. The lowest BCUT2D eigenvalue weighted by Gasteiger charge is -2.38. The highest BCUT2D eigenvalue weighted by Crippen LogP contribution is 2.57. The van der Waals surface area contributed by atoms with Crippen LogP contribution in [0, 0.1) is 23.6 Å². The van der Waals surface area contributed by atoms with Crippen molar-refractivity contribution < 1.29 is 23.8 Å². The molecular weight excluding hydrogens is 467 g/mol. The molecule has 0 spiro atoms. The first-order chi connectivity index (χ1) is 16.8.